The van der Waals surface area contributed by atoms with Crippen LogP contribution in [0.25, 0.3) is 0 Å². The molecular weight excluding hydrogens is 516 g/mol. The number of aliphatic carboxylic acids is 2. The second-order valence-corrected chi connectivity index (χ2v) is 11.7. The van der Waals surface area contributed by atoms with E-state index in [1.54, 1.807) is 16.7 Å². The summed E-state index contributed by atoms with van der Waals surface area (Å²) in [5.41, 5.74) is 1.99. The molecule has 1 aliphatic heterocycles. The maximum atomic E-state index is 13.2. The van der Waals surface area contributed by atoms with Gasteiger partial charge in [0.25, 0.3) is 0 Å². The molecule has 8 nitrogen and oxygen atoms in total. The van der Waals surface area contributed by atoms with E-state index >= 15 is 0 Å². The number of amides is 1. The highest BCUT2D eigenvalue weighted by molar-refractivity contribution is 8.01. The Morgan fingerprint density at radius 2 is 1.64 bits per heavy atom. The third-order valence-electron chi connectivity index (χ3n) is 7.46. The lowest BCUT2D eigenvalue weighted by Gasteiger charge is -2.38. The minimum absolute atomic E-state index is 0.109. The molecule has 0 spiro atoms. The molecule has 39 heavy (non-hydrogen) atoms. The highest BCUT2D eigenvalue weighted by atomic mass is 32.2. The number of benzene rings is 2. The van der Waals surface area contributed by atoms with Crippen LogP contribution in [0.4, 0.5) is 5.69 Å². The number of carboxylic acids is 2. The Bertz CT molecular complexity index is 1110. The third kappa shape index (κ3) is 8.22. The number of para-hydroxylation sites is 1. The van der Waals surface area contributed by atoms with E-state index in [9.17, 15) is 4.79 Å². The van der Waals surface area contributed by atoms with Gasteiger partial charge in [0, 0.05) is 18.0 Å². The average Bonchev–Trinajstić information content (AvgIpc) is 2.94. The molecule has 2 aromatic carbocycles. The molecule has 2 N–H and O–H groups in total. The van der Waals surface area contributed by atoms with Crippen molar-refractivity contribution in [1.29, 1.82) is 0 Å². The van der Waals surface area contributed by atoms with Crippen molar-refractivity contribution >= 4 is 35.3 Å². The number of thioether (sulfide) groups is 1. The maximum absolute atomic E-state index is 13.2. The summed E-state index contributed by atoms with van der Waals surface area (Å²) in [6, 6.07) is 17.0. The van der Waals surface area contributed by atoms with Gasteiger partial charge in [-0.3, -0.25) is 4.79 Å². The number of hydrogen-bond acceptors (Lipinski definition) is 6. The highest BCUT2D eigenvalue weighted by Gasteiger charge is 2.43. The van der Waals surface area contributed by atoms with Crippen molar-refractivity contribution < 1.29 is 29.3 Å². The quantitative estimate of drug-likeness (QED) is 0.302. The average molecular weight is 557 g/mol. The molecule has 1 atom stereocenters. The molecule has 1 fully saturated rings. The first kappa shape index (κ1) is 30.5. The second-order valence-electron chi connectivity index (χ2n) is 10.3. The lowest BCUT2D eigenvalue weighted by molar-refractivity contribution is -0.159. The first-order valence-electron chi connectivity index (χ1n) is 13.6. The molecule has 0 saturated heterocycles. The van der Waals surface area contributed by atoms with Gasteiger partial charge < -0.3 is 24.7 Å². The second kappa shape index (κ2) is 14.4. The summed E-state index contributed by atoms with van der Waals surface area (Å²) in [4.78, 5) is 36.9. The van der Waals surface area contributed by atoms with Gasteiger partial charge in [-0.2, -0.15) is 0 Å². The number of fused-ring (bicyclic) bond motifs is 1. The summed E-state index contributed by atoms with van der Waals surface area (Å²) in [7, 11) is 4.16. The van der Waals surface area contributed by atoms with Gasteiger partial charge in [0.15, 0.2) is 0 Å². The van der Waals surface area contributed by atoms with Crippen LogP contribution < -0.4 is 9.64 Å². The Hall–Kier alpha value is -3.04. The number of carbonyl (C=O) groups excluding carboxylic acids is 1. The Morgan fingerprint density at radius 1 is 1.00 bits per heavy atom. The Kier molecular flexibility index (Phi) is 11.2. The number of likely N-dealkylation sites (N-methyl/N-ethyl adjacent to an activating group) is 1. The van der Waals surface area contributed by atoms with Crippen molar-refractivity contribution in [3.63, 3.8) is 0 Å². The van der Waals surface area contributed by atoms with Gasteiger partial charge in [-0.25, -0.2) is 9.59 Å². The number of unbranched alkanes of at least 4 members (excludes halogenated alkanes) is 2. The number of carbonyl (C=O) groups is 3. The third-order valence-corrected chi connectivity index (χ3v) is 8.85. The molecule has 1 aliphatic carbocycles. The van der Waals surface area contributed by atoms with Crippen LogP contribution >= 0.6 is 11.8 Å². The summed E-state index contributed by atoms with van der Waals surface area (Å²) in [5, 5.41) is 14.8. The van der Waals surface area contributed by atoms with Crippen molar-refractivity contribution in [3.05, 3.63) is 54.1 Å². The number of ether oxygens (including phenoxy) is 1. The van der Waals surface area contributed by atoms with E-state index in [2.05, 4.69) is 18.0 Å². The zero-order chi connectivity index (χ0) is 28.4. The SMILES string of the molecule is CN1C(=O)C(C)(c2ccc(OCCCCCN(C)C3CCCCC3)cc2)Sc2ccccc21.O=C(O)C(=O)O. The molecule has 1 unspecified atom stereocenters. The smallest absolute Gasteiger partial charge is 0.414 e. The molecular formula is C30H40N2O6S. The van der Waals surface area contributed by atoms with Gasteiger partial charge >= 0.3 is 11.9 Å². The Morgan fingerprint density at radius 3 is 2.28 bits per heavy atom. The predicted octanol–water partition coefficient (Wildman–Crippen LogP) is 5.64. The summed E-state index contributed by atoms with van der Waals surface area (Å²) in [6.07, 6.45) is 10.5. The standard InChI is InChI=1S/C28H38N2O2S.C2H2O4/c1-28(27(31)30(3)25-14-8-9-15-26(25)33-28)22-16-18-24(19-17-22)32-21-11-5-10-20-29(2)23-12-6-4-7-13-23;3-1(4)2(5)6/h8-9,14-19,23H,4-7,10-13,20-21H2,1-3H3;(H,3,4)(H,5,6). The molecule has 9 heteroatoms. The fraction of sp³-hybridized carbons (Fsp3) is 0.500. The summed E-state index contributed by atoms with van der Waals surface area (Å²) < 4.78 is 5.36. The van der Waals surface area contributed by atoms with Crippen molar-refractivity contribution in [1.82, 2.24) is 4.90 Å². The van der Waals surface area contributed by atoms with Crippen LogP contribution in [0, 0.1) is 0 Å². The zero-order valence-electron chi connectivity index (χ0n) is 23.1. The van der Waals surface area contributed by atoms with E-state index in [0.29, 0.717) is 0 Å². The van der Waals surface area contributed by atoms with Crippen LogP contribution in [-0.2, 0) is 19.1 Å². The molecule has 1 amide bonds. The van der Waals surface area contributed by atoms with E-state index in [0.717, 1.165) is 41.0 Å². The molecule has 0 aromatic heterocycles. The molecule has 2 aliphatic rings. The van der Waals surface area contributed by atoms with Crippen molar-refractivity contribution in [2.75, 3.05) is 32.1 Å². The van der Waals surface area contributed by atoms with Gasteiger partial charge in [-0.15, -0.1) is 11.8 Å². The molecule has 0 bridgehead atoms. The molecule has 212 valence electrons. The lowest BCUT2D eigenvalue weighted by Crippen LogP contribution is -2.44. The Labute approximate surface area is 235 Å². The van der Waals surface area contributed by atoms with E-state index in [1.165, 1.54) is 51.5 Å². The van der Waals surface area contributed by atoms with Crippen LogP contribution in [0.3, 0.4) is 0 Å². The van der Waals surface area contributed by atoms with Gasteiger partial charge in [-0.1, -0.05) is 43.5 Å². The van der Waals surface area contributed by atoms with E-state index in [4.69, 9.17) is 24.5 Å². The Balaban J connectivity index is 0.000000631. The number of nitrogens with zero attached hydrogens (tertiary/aromatic N) is 2. The topological polar surface area (TPSA) is 107 Å². The molecule has 2 aromatic rings. The monoisotopic (exact) mass is 556 g/mol. The fourth-order valence-electron chi connectivity index (χ4n) is 5.10. The summed E-state index contributed by atoms with van der Waals surface area (Å²) in [5.74, 6) is -2.66. The van der Waals surface area contributed by atoms with Crippen LogP contribution in [0.5, 0.6) is 5.75 Å². The lowest BCUT2D eigenvalue weighted by atomic mass is 9.94. The highest BCUT2D eigenvalue weighted by Crippen LogP contribution is 2.50. The zero-order valence-corrected chi connectivity index (χ0v) is 23.9. The fourth-order valence-corrected chi connectivity index (χ4v) is 6.47. The molecule has 0 radical (unpaired) electrons. The first-order valence-corrected chi connectivity index (χ1v) is 14.4. The van der Waals surface area contributed by atoms with E-state index < -0.39 is 16.7 Å². The largest absolute Gasteiger partial charge is 0.494 e. The van der Waals surface area contributed by atoms with E-state index in [-0.39, 0.29) is 5.91 Å². The van der Waals surface area contributed by atoms with E-state index in [1.807, 2.05) is 56.4 Å². The molecule has 1 saturated carbocycles. The van der Waals surface area contributed by atoms with Crippen LogP contribution in [0.15, 0.2) is 53.4 Å². The van der Waals surface area contributed by atoms with Crippen molar-refractivity contribution in [2.45, 2.75) is 74.0 Å². The first-order chi connectivity index (χ1) is 18.6. The normalized spacial score (nSPS) is 19.2. The van der Waals surface area contributed by atoms with Crippen molar-refractivity contribution in [3.8, 4) is 5.75 Å². The van der Waals surface area contributed by atoms with Crippen LogP contribution in [-0.4, -0.2) is 66.2 Å². The van der Waals surface area contributed by atoms with Gasteiger partial charge in [-0.05, 0) is 82.4 Å². The minimum Gasteiger partial charge on any atom is -0.494 e. The summed E-state index contributed by atoms with van der Waals surface area (Å²) in [6.45, 7) is 3.96. The van der Waals surface area contributed by atoms with Gasteiger partial charge in [0.2, 0.25) is 5.91 Å². The van der Waals surface area contributed by atoms with Crippen LogP contribution in [0.1, 0.15) is 63.9 Å². The number of anilines is 1. The molecule has 4 rings (SSSR count). The van der Waals surface area contributed by atoms with Gasteiger partial charge in [0.05, 0.1) is 12.3 Å². The molecule has 1 heterocycles. The number of carboxylic acid groups (broad SMARTS) is 2. The number of rotatable bonds is 9. The maximum Gasteiger partial charge on any atom is 0.414 e. The van der Waals surface area contributed by atoms with Crippen LogP contribution in [0.2, 0.25) is 0 Å². The predicted molar refractivity (Wildman–Crippen MR) is 154 cm³/mol. The minimum atomic E-state index is -1.82. The van der Waals surface area contributed by atoms with Crippen molar-refractivity contribution in [2.24, 2.45) is 0 Å². The van der Waals surface area contributed by atoms with Gasteiger partial charge in [0.1, 0.15) is 10.5 Å². The number of hydrogen-bond donors (Lipinski definition) is 2. The summed E-state index contributed by atoms with van der Waals surface area (Å²) >= 11 is 1.63.